The molecule has 3 N–H and O–H groups in total. The van der Waals surface area contributed by atoms with Crippen LogP contribution in [-0.2, 0) is 4.79 Å². The Hall–Kier alpha value is -3.59. The van der Waals surface area contributed by atoms with E-state index < -0.39 is 0 Å². The average molecular weight is 363 g/mol. The smallest absolute Gasteiger partial charge is 0.254 e. The van der Waals surface area contributed by atoms with Gasteiger partial charge in [-0.15, -0.1) is 6.42 Å². The Kier molecular flexibility index (Phi) is 7.61. The predicted molar refractivity (Wildman–Crippen MR) is 104 cm³/mol. The normalized spacial score (nSPS) is 9.74. The summed E-state index contributed by atoms with van der Waals surface area (Å²) in [6.07, 6.45) is 5.84. The molecule has 0 unspecified atom stereocenters. The second-order valence-electron chi connectivity index (χ2n) is 5.71. The summed E-state index contributed by atoms with van der Waals surface area (Å²) in [5, 5.41) is 8.06. The first-order chi connectivity index (χ1) is 13.1. The van der Waals surface area contributed by atoms with Crippen molar-refractivity contribution in [3.63, 3.8) is 0 Å². The van der Waals surface area contributed by atoms with Crippen molar-refractivity contribution in [2.24, 2.45) is 0 Å². The maximum absolute atomic E-state index is 12.1. The summed E-state index contributed by atoms with van der Waals surface area (Å²) in [4.78, 5) is 36.1. The van der Waals surface area contributed by atoms with Crippen LogP contribution in [0.3, 0.4) is 0 Å². The van der Waals surface area contributed by atoms with Crippen LogP contribution in [0, 0.1) is 12.3 Å². The summed E-state index contributed by atoms with van der Waals surface area (Å²) in [5.74, 6) is 1.57. The van der Waals surface area contributed by atoms with E-state index in [0.29, 0.717) is 29.8 Å². The van der Waals surface area contributed by atoms with Crippen molar-refractivity contribution in [1.82, 2.24) is 10.6 Å². The zero-order valence-corrected chi connectivity index (χ0v) is 14.8. The van der Waals surface area contributed by atoms with Crippen molar-refractivity contribution < 1.29 is 14.4 Å². The highest BCUT2D eigenvalue weighted by atomic mass is 16.2. The number of anilines is 1. The molecule has 0 fully saturated rings. The summed E-state index contributed by atoms with van der Waals surface area (Å²) in [6.45, 7) is 0.494. The lowest BCUT2D eigenvalue weighted by molar-refractivity contribution is -0.116. The average Bonchev–Trinajstić information content (AvgIpc) is 2.70. The van der Waals surface area contributed by atoms with E-state index in [0.717, 1.165) is 0 Å². The van der Waals surface area contributed by atoms with E-state index in [-0.39, 0.29) is 30.7 Å². The van der Waals surface area contributed by atoms with Gasteiger partial charge in [-0.3, -0.25) is 14.4 Å². The molecule has 2 aromatic carbocycles. The van der Waals surface area contributed by atoms with Crippen LogP contribution in [0.15, 0.2) is 54.6 Å². The lowest BCUT2D eigenvalue weighted by Gasteiger charge is -2.11. The lowest BCUT2D eigenvalue weighted by Crippen LogP contribution is -2.26. The van der Waals surface area contributed by atoms with Crippen LogP contribution in [0.25, 0.3) is 0 Å². The van der Waals surface area contributed by atoms with Gasteiger partial charge in [-0.25, -0.2) is 0 Å². The number of carbonyl (C=O) groups excluding carboxylic acids is 3. The van der Waals surface area contributed by atoms with Gasteiger partial charge in [-0.2, -0.15) is 0 Å². The Labute approximate surface area is 158 Å². The third-order valence-electron chi connectivity index (χ3n) is 3.70. The number of terminal acetylenes is 1. The topological polar surface area (TPSA) is 87.3 Å². The van der Waals surface area contributed by atoms with Gasteiger partial charge in [-0.05, 0) is 30.7 Å². The Bertz CT molecular complexity index is 841. The minimum absolute atomic E-state index is 0.113. The summed E-state index contributed by atoms with van der Waals surface area (Å²) < 4.78 is 0. The molecule has 0 aliphatic carbocycles. The first kappa shape index (κ1) is 19.7. The highest BCUT2D eigenvalue weighted by Crippen LogP contribution is 2.15. The molecule has 6 heteroatoms. The van der Waals surface area contributed by atoms with Crippen LogP contribution in [-0.4, -0.2) is 30.8 Å². The molecule has 0 saturated carbocycles. The molecule has 0 aliphatic rings. The first-order valence-corrected chi connectivity index (χ1v) is 8.55. The molecule has 6 nitrogen and oxygen atoms in total. The maximum Gasteiger partial charge on any atom is 0.254 e. The van der Waals surface area contributed by atoms with Gasteiger partial charge < -0.3 is 16.0 Å². The van der Waals surface area contributed by atoms with Crippen LogP contribution in [0.1, 0.15) is 33.6 Å². The summed E-state index contributed by atoms with van der Waals surface area (Å²) in [6, 6.07) is 15.6. The number of nitrogens with one attached hydrogen (secondary N) is 3. The van der Waals surface area contributed by atoms with Gasteiger partial charge in [-0.1, -0.05) is 36.3 Å². The second-order valence-corrected chi connectivity index (χ2v) is 5.71. The van der Waals surface area contributed by atoms with E-state index in [1.807, 2.05) is 6.07 Å². The molecule has 0 aromatic heterocycles. The maximum atomic E-state index is 12.1. The highest BCUT2D eigenvalue weighted by Gasteiger charge is 2.12. The third-order valence-corrected chi connectivity index (χ3v) is 3.70. The molecule has 0 atom stereocenters. The summed E-state index contributed by atoms with van der Waals surface area (Å²) in [5.41, 5.74) is 1.35. The molecular weight excluding hydrogens is 342 g/mol. The SMILES string of the molecule is C#CCNC(=O)c1ccccc1NC(=O)CCCNC(=O)c1ccccc1. The molecular formula is C21H21N3O3. The van der Waals surface area contributed by atoms with E-state index in [1.165, 1.54) is 0 Å². The first-order valence-electron chi connectivity index (χ1n) is 8.55. The van der Waals surface area contributed by atoms with Crippen molar-refractivity contribution in [2.75, 3.05) is 18.4 Å². The molecule has 0 aliphatic heterocycles. The zero-order chi connectivity index (χ0) is 19.5. The minimum atomic E-state index is -0.348. The van der Waals surface area contributed by atoms with E-state index >= 15 is 0 Å². The molecule has 0 heterocycles. The van der Waals surface area contributed by atoms with Gasteiger partial charge in [0.1, 0.15) is 0 Å². The standard InChI is InChI=1S/C21H21N3O3/c1-2-14-22-21(27)17-11-6-7-12-18(17)24-19(25)13-8-15-23-20(26)16-9-4-3-5-10-16/h1,3-7,9-12H,8,13-15H2,(H,22,27)(H,23,26)(H,24,25). The van der Waals surface area contributed by atoms with Crippen LogP contribution < -0.4 is 16.0 Å². The Morgan fingerprint density at radius 1 is 0.889 bits per heavy atom. The van der Waals surface area contributed by atoms with Crippen molar-refractivity contribution in [3.8, 4) is 12.3 Å². The number of amides is 3. The molecule has 138 valence electrons. The molecule has 0 spiro atoms. The van der Waals surface area contributed by atoms with Gasteiger partial charge in [0.05, 0.1) is 17.8 Å². The molecule has 2 rings (SSSR count). The largest absolute Gasteiger partial charge is 0.352 e. The number of benzene rings is 2. The lowest BCUT2D eigenvalue weighted by atomic mass is 10.1. The van der Waals surface area contributed by atoms with Crippen LogP contribution in [0.2, 0.25) is 0 Å². The summed E-state index contributed by atoms with van der Waals surface area (Å²) in [7, 11) is 0. The Balaban J connectivity index is 1.80. The molecule has 3 amide bonds. The number of hydrogen-bond acceptors (Lipinski definition) is 3. The molecule has 2 aromatic rings. The molecule has 0 saturated heterocycles. The van der Waals surface area contributed by atoms with Crippen LogP contribution >= 0.6 is 0 Å². The minimum Gasteiger partial charge on any atom is -0.352 e. The van der Waals surface area contributed by atoms with E-state index in [9.17, 15) is 14.4 Å². The van der Waals surface area contributed by atoms with Crippen molar-refractivity contribution in [1.29, 1.82) is 0 Å². The number of carbonyl (C=O) groups is 3. The number of rotatable bonds is 8. The van der Waals surface area contributed by atoms with Crippen LogP contribution in [0.5, 0.6) is 0 Å². The fraction of sp³-hybridized carbons (Fsp3) is 0.190. The number of para-hydroxylation sites is 1. The van der Waals surface area contributed by atoms with Crippen LogP contribution in [0.4, 0.5) is 5.69 Å². The van der Waals surface area contributed by atoms with E-state index in [2.05, 4.69) is 21.9 Å². The van der Waals surface area contributed by atoms with Crippen molar-refractivity contribution >= 4 is 23.4 Å². The summed E-state index contributed by atoms with van der Waals surface area (Å²) >= 11 is 0. The molecule has 0 bridgehead atoms. The Morgan fingerprint density at radius 2 is 1.59 bits per heavy atom. The van der Waals surface area contributed by atoms with Gasteiger partial charge in [0.2, 0.25) is 5.91 Å². The van der Waals surface area contributed by atoms with Crippen molar-refractivity contribution in [3.05, 3.63) is 65.7 Å². The fourth-order valence-corrected chi connectivity index (χ4v) is 2.37. The molecule has 27 heavy (non-hydrogen) atoms. The van der Waals surface area contributed by atoms with Gasteiger partial charge in [0, 0.05) is 18.5 Å². The predicted octanol–water partition coefficient (Wildman–Crippen LogP) is 2.20. The van der Waals surface area contributed by atoms with Gasteiger partial charge >= 0.3 is 0 Å². The van der Waals surface area contributed by atoms with E-state index in [4.69, 9.17) is 6.42 Å². The quantitative estimate of drug-likeness (QED) is 0.496. The molecule has 0 radical (unpaired) electrons. The second kappa shape index (κ2) is 10.4. The fourth-order valence-electron chi connectivity index (χ4n) is 2.37. The monoisotopic (exact) mass is 363 g/mol. The van der Waals surface area contributed by atoms with Crippen molar-refractivity contribution in [2.45, 2.75) is 12.8 Å². The Morgan fingerprint density at radius 3 is 2.33 bits per heavy atom. The highest BCUT2D eigenvalue weighted by molar-refractivity contribution is 6.03. The third kappa shape index (κ3) is 6.33. The zero-order valence-electron chi connectivity index (χ0n) is 14.8. The van der Waals surface area contributed by atoms with Gasteiger partial charge in [0.15, 0.2) is 0 Å². The van der Waals surface area contributed by atoms with E-state index in [1.54, 1.807) is 48.5 Å². The van der Waals surface area contributed by atoms with Gasteiger partial charge in [0.25, 0.3) is 11.8 Å². The number of hydrogen-bond donors (Lipinski definition) is 3.